The topological polar surface area (TPSA) is 81.8 Å². The van der Waals surface area contributed by atoms with Gasteiger partial charge >= 0.3 is 5.97 Å². The first kappa shape index (κ1) is 12.5. The summed E-state index contributed by atoms with van der Waals surface area (Å²) < 4.78 is 9.45. The van der Waals surface area contributed by atoms with Crippen molar-refractivity contribution in [2.45, 2.75) is 12.6 Å². The van der Waals surface area contributed by atoms with Crippen LogP contribution in [0.4, 0.5) is 0 Å². The summed E-state index contributed by atoms with van der Waals surface area (Å²) in [6.07, 6.45) is 0. The summed E-state index contributed by atoms with van der Waals surface area (Å²) in [5, 5.41) is 9.51. The molecule has 1 rings (SSSR count). The zero-order valence-corrected chi connectivity index (χ0v) is 9.27. The van der Waals surface area contributed by atoms with E-state index in [0.29, 0.717) is 11.1 Å². The molecule has 1 aromatic carbocycles. The highest BCUT2D eigenvalue weighted by atomic mass is 16.5. The summed E-state index contributed by atoms with van der Waals surface area (Å²) in [4.78, 5) is 11.2. The number of carbonyl (C=O) groups excluding carboxylic acids is 1. The minimum absolute atomic E-state index is 0.114. The Balaban J connectivity index is 2.97. The van der Waals surface area contributed by atoms with E-state index in [9.17, 15) is 9.90 Å². The summed E-state index contributed by atoms with van der Waals surface area (Å²) in [7, 11) is 2.80. The summed E-state index contributed by atoms with van der Waals surface area (Å²) in [6.45, 7) is 0.258. The number of nitrogens with two attached hydrogens (primary N) is 1. The van der Waals surface area contributed by atoms with Gasteiger partial charge in [-0.15, -0.1) is 0 Å². The van der Waals surface area contributed by atoms with Gasteiger partial charge < -0.3 is 20.3 Å². The Labute approximate surface area is 93.8 Å². The second-order valence-electron chi connectivity index (χ2n) is 3.32. The number of benzene rings is 1. The molecule has 1 aromatic rings. The lowest BCUT2D eigenvalue weighted by Crippen LogP contribution is -2.22. The maximum absolute atomic E-state index is 11.2. The highest BCUT2D eigenvalue weighted by molar-refractivity contribution is 5.77. The highest BCUT2D eigenvalue weighted by Crippen LogP contribution is 2.22. The van der Waals surface area contributed by atoms with Crippen molar-refractivity contribution in [1.29, 1.82) is 0 Å². The number of aromatic hydroxyl groups is 1. The third-order valence-corrected chi connectivity index (χ3v) is 2.22. The molecular weight excluding hydrogens is 210 g/mol. The molecule has 5 heteroatoms. The van der Waals surface area contributed by atoms with Gasteiger partial charge in [0.15, 0.2) is 0 Å². The van der Waals surface area contributed by atoms with Crippen molar-refractivity contribution < 1.29 is 19.4 Å². The van der Waals surface area contributed by atoms with Crippen molar-refractivity contribution in [3.05, 3.63) is 29.3 Å². The van der Waals surface area contributed by atoms with E-state index in [1.807, 2.05) is 0 Å². The largest absolute Gasteiger partial charge is 0.508 e. The molecule has 3 N–H and O–H groups in total. The number of ether oxygens (including phenoxy) is 2. The molecule has 0 fully saturated rings. The summed E-state index contributed by atoms with van der Waals surface area (Å²) in [5.41, 5.74) is 6.83. The lowest BCUT2D eigenvalue weighted by molar-refractivity contribution is -0.142. The fourth-order valence-corrected chi connectivity index (χ4v) is 1.33. The number of phenolic OH excluding ortho intramolecular Hbond substituents is 1. The first-order chi connectivity index (χ1) is 7.60. The Bertz CT molecular complexity index is 378. The molecule has 0 bridgehead atoms. The molecule has 16 heavy (non-hydrogen) atoms. The van der Waals surface area contributed by atoms with E-state index in [1.165, 1.54) is 20.3 Å². The average Bonchev–Trinajstić information content (AvgIpc) is 2.30. The number of hydrogen-bond acceptors (Lipinski definition) is 5. The molecule has 5 nitrogen and oxygen atoms in total. The molecule has 0 saturated carbocycles. The van der Waals surface area contributed by atoms with E-state index in [4.69, 9.17) is 10.5 Å². The van der Waals surface area contributed by atoms with E-state index >= 15 is 0 Å². The molecule has 0 amide bonds. The van der Waals surface area contributed by atoms with Crippen LogP contribution in [0.25, 0.3) is 0 Å². The van der Waals surface area contributed by atoms with Crippen LogP contribution in [0.5, 0.6) is 5.75 Å². The number of methoxy groups -OCH3 is 2. The third-order valence-electron chi connectivity index (χ3n) is 2.22. The van der Waals surface area contributed by atoms with Crippen LogP contribution in [0, 0.1) is 0 Å². The summed E-state index contributed by atoms with van der Waals surface area (Å²) >= 11 is 0. The zero-order chi connectivity index (χ0) is 12.1. The normalized spacial score (nSPS) is 12.2. The van der Waals surface area contributed by atoms with Crippen molar-refractivity contribution >= 4 is 5.97 Å². The fourth-order valence-electron chi connectivity index (χ4n) is 1.33. The Morgan fingerprint density at radius 1 is 1.50 bits per heavy atom. The maximum Gasteiger partial charge on any atom is 0.327 e. The lowest BCUT2D eigenvalue weighted by atomic mass is 10.0. The summed E-state index contributed by atoms with van der Waals surface area (Å²) in [5.74, 6) is -0.406. The van der Waals surface area contributed by atoms with Crippen LogP contribution >= 0.6 is 0 Å². The van der Waals surface area contributed by atoms with Gasteiger partial charge in [-0.05, 0) is 17.7 Å². The zero-order valence-electron chi connectivity index (χ0n) is 9.27. The number of rotatable bonds is 4. The van der Waals surface area contributed by atoms with Gasteiger partial charge in [0.05, 0.1) is 13.7 Å². The molecule has 0 heterocycles. The van der Waals surface area contributed by atoms with Crippen LogP contribution in [0.15, 0.2) is 18.2 Å². The Morgan fingerprint density at radius 3 is 2.75 bits per heavy atom. The fraction of sp³-hybridized carbons (Fsp3) is 0.364. The molecule has 1 atom stereocenters. The van der Waals surface area contributed by atoms with Gasteiger partial charge in [0.2, 0.25) is 0 Å². The second-order valence-corrected chi connectivity index (χ2v) is 3.32. The lowest BCUT2D eigenvalue weighted by Gasteiger charge is -2.11. The molecule has 88 valence electrons. The van der Waals surface area contributed by atoms with Gasteiger partial charge in [0, 0.05) is 12.7 Å². The second kappa shape index (κ2) is 5.48. The smallest absolute Gasteiger partial charge is 0.327 e. The molecule has 0 aliphatic rings. The molecular formula is C11H15NO4. The van der Waals surface area contributed by atoms with Crippen LogP contribution in [-0.2, 0) is 20.9 Å². The molecule has 0 saturated heterocycles. The molecule has 0 radical (unpaired) electrons. The number of hydrogen-bond donors (Lipinski definition) is 2. The predicted octanol–water partition coefficient (Wildman–Crippen LogP) is 0.711. The van der Waals surface area contributed by atoms with Crippen LogP contribution in [0.2, 0.25) is 0 Å². The van der Waals surface area contributed by atoms with E-state index in [-0.39, 0.29) is 12.4 Å². The van der Waals surface area contributed by atoms with Crippen LogP contribution < -0.4 is 5.73 Å². The van der Waals surface area contributed by atoms with Crippen LogP contribution in [-0.4, -0.2) is 25.3 Å². The predicted molar refractivity (Wildman–Crippen MR) is 57.8 cm³/mol. The van der Waals surface area contributed by atoms with E-state index in [1.54, 1.807) is 12.1 Å². The van der Waals surface area contributed by atoms with Crippen LogP contribution in [0.3, 0.4) is 0 Å². The third kappa shape index (κ3) is 2.71. The number of carbonyl (C=O) groups is 1. The van der Waals surface area contributed by atoms with Gasteiger partial charge in [-0.3, -0.25) is 4.79 Å². The minimum Gasteiger partial charge on any atom is -0.508 e. The molecule has 0 aliphatic heterocycles. The quantitative estimate of drug-likeness (QED) is 0.737. The van der Waals surface area contributed by atoms with E-state index in [0.717, 1.165) is 0 Å². The highest BCUT2D eigenvalue weighted by Gasteiger charge is 2.17. The van der Waals surface area contributed by atoms with Crippen molar-refractivity contribution in [3.63, 3.8) is 0 Å². The Morgan fingerprint density at radius 2 is 2.19 bits per heavy atom. The van der Waals surface area contributed by atoms with Crippen molar-refractivity contribution in [2.75, 3.05) is 14.2 Å². The Hall–Kier alpha value is -1.59. The number of phenols is 1. The van der Waals surface area contributed by atoms with Gasteiger partial charge in [0.25, 0.3) is 0 Å². The molecule has 0 aromatic heterocycles. The van der Waals surface area contributed by atoms with E-state index < -0.39 is 12.0 Å². The standard InChI is InChI=1S/C11H15NO4/c1-15-6-8-5-7(3-4-9(8)13)10(12)11(14)16-2/h3-5,10,13H,6,12H2,1-2H3. The summed E-state index contributed by atoms with van der Waals surface area (Å²) in [6, 6.07) is 3.84. The monoisotopic (exact) mass is 225 g/mol. The minimum atomic E-state index is -0.846. The SMILES string of the molecule is COCc1cc(C(N)C(=O)OC)ccc1O. The van der Waals surface area contributed by atoms with Gasteiger partial charge in [0.1, 0.15) is 11.8 Å². The maximum atomic E-state index is 11.2. The van der Waals surface area contributed by atoms with Crippen molar-refractivity contribution in [1.82, 2.24) is 0 Å². The molecule has 0 spiro atoms. The first-order valence-corrected chi connectivity index (χ1v) is 4.74. The number of esters is 1. The van der Waals surface area contributed by atoms with Gasteiger partial charge in [-0.1, -0.05) is 6.07 Å². The van der Waals surface area contributed by atoms with Crippen LogP contribution in [0.1, 0.15) is 17.2 Å². The Kier molecular flexibility index (Phi) is 4.28. The average molecular weight is 225 g/mol. The first-order valence-electron chi connectivity index (χ1n) is 4.74. The van der Waals surface area contributed by atoms with E-state index in [2.05, 4.69) is 4.74 Å². The van der Waals surface area contributed by atoms with Crippen molar-refractivity contribution in [3.8, 4) is 5.75 Å². The van der Waals surface area contributed by atoms with Gasteiger partial charge in [-0.2, -0.15) is 0 Å². The molecule has 0 aliphatic carbocycles. The molecule has 1 unspecified atom stereocenters. The van der Waals surface area contributed by atoms with Crippen molar-refractivity contribution in [2.24, 2.45) is 5.73 Å². The van der Waals surface area contributed by atoms with Gasteiger partial charge in [-0.25, -0.2) is 0 Å².